The van der Waals surface area contributed by atoms with Crippen LogP contribution in [0.5, 0.6) is 0 Å². The van der Waals surface area contributed by atoms with Gasteiger partial charge >= 0.3 is 0 Å². The fourth-order valence-electron chi connectivity index (χ4n) is 2.93. The number of benzene rings is 1. The van der Waals surface area contributed by atoms with E-state index in [1.807, 2.05) is 41.2 Å². The minimum atomic E-state index is 0.160. The number of piperidine rings is 1. The van der Waals surface area contributed by atoms with Gasteiger partial charge in [-0.2, -0.15) is 0 Å². The first-order valence-corrected chi connectivity index (χ1v) is 7.49. The Hall–Kier alpha value is -1.72. The molecule has 0 amide bonds. The molecule has 0 saturated carbocycles. The molecule has 1 atom stereocenters. The van der Waals surface area contributed by atoms with Crippen LogP contribution < -0.4 is 5.73 Å². The van der Waals surface area contributed by atoms with E-state index in [4.69, 9.17) is 5.73 Å². The summed E-state index contributed by atoms with van der Waals surface area (Å²) in [4.78, 5) is 2.42. The Labute approximate surface area is 125 Å². The van der Waals surface area contributed by atoms with Crippen LogP contribution in [0.25, 0.3) is 5.69 Å². The normalized spacial score (nSPS) is 22.3. The van der Waals surface area contributed by atoms with Gasteiger partial charge in [0.05, 0.1) is 17.6 Å². The van der Waals surface area contributed by atoms with Gasteiger partial charge in [-0.3, -0.25) is 4.90 Å². The molecule has 1 saturated heterocycles. The predicted molar refractivity (Wildman–Crippen MR) is 83.0 cm³/mol. The van der Waals surface area contributed by atoms with Gasteiger partial charge in [-0.15, -0.1) is 5.10 Å². The number of aromatic nitrogens is 3. The summed E-state index contributed by atoms with van der Waals surface area (Å²) in [6.07, 6.45) is 3.05. The lowest BCUT2D eigenvalue weighted by Gasteiger charge is -2.42. The highest BCUT2D eigenvalue weighted by Crippen LogP contribution is 2.28. The van der Waals surface area contributed by atoms with Crippen molar-refractivity contribution < 1.29 is 0 Å². The lowest BCUT2D eigenvalue weighted by Crippen LogP contribution is -2.52. The first-order chi connectivity index (χ1) is 10.0. The van der Waals surface area contributed by atoms with Gasteiger partial charge in [0.15, 0.2) is 0 Å². The van der Waals surface area contributed by atoms with Gasteiger partial charge in [-0.05, 0) is 24.0 Å². The second kappa shape index (κ2) is 5.58. The van der Waals surface area contributed by atoms with Crippen LogP contribution in [0.4, 0.5) is 0 Å². The van der Waals surface area contributed by atoms with Crippen molar-refractivity contribution in [1.82, 2.24) is 19.9 Å². The molecule has 1 aliphatic rings. The van der Waals surface area contributed by atoms with E-state index < -0.39 is 0 Å². The molecule has 112 valence electrons. The fraction of sp³-hybridized carbons (Fsp3) is 0.500. The number of nitrogens with two attached hydrogens (primary N) is 1. The summed E-state index contributed by atoms with van der Waals surface area (Å²) in [6.45, 7) is 7.35. The molecule has 0 aliphatic carbocycles. The van der Waals surface area contributed by atoms with Gasteiger partial charge < -0.3 is 5.73 Å². The molecule has 3 rings (SSSR count). The number of likely N-dealkylation sites (tertiary alicyclic amines) is 1. The zero-order chi connectivity index (χ0) is 14.9. The SMILES string of the molecule is CC1(C)CN(Cc2cn(-c3ccccc3)nn2)CCC1N. The Balaban J connectivity index is 1.68. The van der Waals surface area contributed by atoms with Crippen LogP contribution in [-0.2, 0) is 6.54 Å². The summed E-state index contributed by atoms with van der Waals surface area (Å²) in [5.74, 6) is 0. The molecule has 1 fully saturated rings. The van der Waals surface area contributed by atoms with E-state index in [1.54, 1.807) is 0 Å². The van der Waals surface area contributed by atoms with Crippen molar-refractivity contribution in [3.05, 3.63) is 42.2 Å². The van der Waals surface area contributed by atoms with Gasteiger partial charge in [0, 0.05) is 25.7 Å². The van der Waals surface area contributed by atoms with E-state index in [0.717, 1.165) is 37.4 Å². The van der Waals surface area contributed by atoms with Crippen LogP contribution in [0.1, 0.15) is 26.0 Å². The first kappa shape index (κ1) is 14.2. The third kappa shape index (κ3) is 3.14. The summed E-state index contributed by atoms with van der Waals surface area (Å²) >= 11 is 0. The van der Waals surface area contributed by atoms with Crippen LogP contribution in [0.2, 0.25) is 0 Å². The third-order valence-electron chi connectivity index (χ3n) is 4.34. The van der Waals surface area contributed by atoms with E-state index >= 15 is 0 Å². The fourth-order valence-corrected chi connectivity index (χ4v) is 2.93. The monoisotopic (exact) mass is 285 g/mol. The molecule has 5 heteroatoms. The van der Waals surface area contributed by atoms with Crippen LogP contribution in [0.15, 0.2) is 36.5 Å². The lowest BCUT2D eigenvalue weighted by molar-refractivity contribution is 0.0889. The van der Waals surface area contributed by atoms with E-state index in [2.05, 4.69) is 29.1 Å². The number of rotatable bonds is 3. The largest absolute Gasteiger partial charge is 0.327 e. The second-order valence-corrected chi connectivity index (χ2v) is 6.58. The summed E-state index contributed by atoms with van der Waals surface area (Å²) < 4.78 is 1.83. The quantitative estimate of drug-likeness (QED) is 0.934. The Kier molecular flexibility index (Phi) is 3.78. The van der Waals surface area contributed by atoms with Gasteiger partial charge in [0.25, 0.3) is 0 Å². The summed E-state index contributed by atoms with van der Waals surface area (Å²) in [7, 11) is 0. The van der Waals surface area contributed by atoms with Crippen molar-refractivity contribution in [2.45, 2.75) is 32.9 Å². The smallest absolute Gasteiger partial charge is 0.0971 e. The molecule has 1 aromatic carbocycles. The van der Waals surface area contributed by atoms with Gasteiger partial charge in [0.1, 0.15) is 0 Å². The van der Waals surface area contributed by atoms with E-state index in [-0.39, 0.29) is 11.5 Å². The lowest BCUT2D eigenvalue weighted by atomic mass is 9.80. The molecule has 5 nitrogen and oxygen atoms in total. The molecule has 21 heavy (non-hydrogen) atoms. The van der Waals surface area contributed by atoms with Crippen molar-refractivity contribution in [1.29, 1.82) is 0 Å². The molecule has 1 aromatic heterocycles. The highest BCUT2D eigenvalue weighted by molar-refractivity contribution is 5.29. The zero-order valence-electron chi connectivity index (χ0n) is 12.7. The van der Waals surface area contributed by atoms with Crippen LogP contribution in [0.3, 0.4) is 0 Å². The summed E-state index contributed by atoms with van der Waals surface area (Å²) in [6, 6.07) is 10.4. The zero-order valence-corrected chi connectivity index (χ0v) is 12.7. The average molecular weight is 285 g/mol. The third-order valence-corrected chi connectivity index (χ3v) is 4.34. The van der Waals surface area contributed by atoms with Gasteiger partial charge in [0.2, 0.25) is 0 Å². The number of para-hydroxylation sites is 1. The van der Waals surface area contributed by atoms with Crippen LogP contribution in [0, 0.1) is 5.41 Å². The average Bonchev–Trinajstić information content (AvgIpc) is 2.92. The maximum atomic E-state index is 6.19. The molecule has 1 aliphatic heterocycles. The summed E-state index contributed by atoms with van der Waals surface area (Å²) in [5.41, 5.74) is 8.39. The molecule has 2 aromatic rings. The van der Waals surface area contributed by atoms with Crippen molar-refractivity contribution in [3.8, 4) is 5.69 Å². The van der Waals surface area contributed by atoms with Crippen molar-refractivity contribution in [2.24, 2.45) is 11.1 Å². The Morgan fingerprint density at radius 1 is 1.29 bits per heavy atom. The number of hydrogen-bond acceptors (Lipinski definition) is 4. The molecule has 0 radical (unpaired) electrons. The molecular formula is C16H23N5. The minimum Gasteiger partial charge on any atom is -0.327 e. The number of hydrogen-bond donors (Lipinski definition) is 1. The van der Waals surface area contributed by atoms with Crippen molar-refractivity contribution in [2.75, 3.05) is 13.1 Å². The van der Waals surface area contributed by atoms with Gasteiger partial charge in [-0.1, -0.05) is 37.3 Å². The Morgan fingerprint density at radius 2 is 2.05 bits per heavy atom. The number of nitrogens with zero attached hydrogens (tertiary/aromatic N) is 4. The standard InChI is InChI=1S/C16H23N5/c1-16(2)12-20(9-8-15(16)17)10-13-11-21(19-18-13)14-6-4-3-5-7-14/h3-7,11,15H,8-10,12,17H2,1-2H3. The highest BCUT2D eigenvalue weighted by Gasteiger charge is 2.33. The minimum absolute atomic E-state index is 0.160. The van der Waals surface area contributed by atoms with Crippen LogP contribution >= 0.6 is 0 Å². The molecule has 0 spiro atoms. The maximum Gasteiger partial charge on any atom is 0.0971 e. The Bertz CT molecular complexity index is 590. The molecule has 2 N–H and O–H groups in total. The maximum absolute atomic E-state index is 6.19. The second-order valence-electron chi connectivity index (χ2n) is 6.58. The van der Waals surface area contributed by atoms with Crippen LogP contribution in [-0.4, -0.2) is 39.0 Å². The van der Waals surface area contributed by atoms with Crippen molar-refractivity contribution >= 4 is 0 Å². The molecule has 0 bridgehead atoms. The Morgan fingerprint density at radius 3 is 2.76 bits per heavy atom. The molecule has 2 heterocycles. The first-order valence-electron chi connectivity index (χ1n) is 7.49. The highest BCUT2D eigenvalue weighted by atomic mass is 15.4. The topological polar surface area (TPSA) is 60.0 Å². The van der Waals surface area contributed by atoms with Crippen molar-refractivity contribution in [3.63, 3.8) is 0 Å². The molecular weight excluding hydrogens is 262 g/mol. The van der Waals surface area contributed by atoms with Gasteiger partial charge in [-0.25, -0.2) is 4.68 Å². The van der Waals surface area contributed by atoms with E-state index in [0.29, 0.717) is 0 Å². The molecule has 1 unspecified atom stereocenters. The van der Waals surface area contributed by atoms with E-state index in [1.165, 1.54) is 0 Å². The summed E-state index contributed by atoms with van der Waals surface area (Å²) in [5, 5.41) is 8.51. The van der Waals surface area contributed by atoms with E-state index in [9.17, 15) is 0 Å². The predicted octanol–water partition coefficient (Wildman–Crippen LogP) is 1.83.